The number of ether oxygens (including phenoxy) is 2. The van der Waals surface area contributed by atoms with Gasteiger partial charge in [-0.05, 0) is 18.9 Å². The van der Waals surface area contributed by atoms with Crippen molar-refractivity contribution in [3.63, 3.8) is 0 Å². The summed E-state index contributed by atoms with van der Waals surface area (Å²) >= 11 is 0. The minimum Gasteiger partial charge on any atom is -0.488 e. The Kier molecular flexibility index (Phi) is 3.96. The number of hydrogen-bond donors (Lipinski definition) is 1. The van der Waals surface area contributed by atoms with Crippen LogP contribution >= 0.6 is 0 Å². The van der Waals surface area contributed by atoms with Gasteiger partial charge >= 0.3 is 5.97 Å². The average molecular weight is 267 g/mol. The monoisotopic (exact) mass is 267 g/mol. The smallest absolute Gasteiger partial charge is 0.342 e. The zero-order valence-corrected chi connectivity index (χ0v) is 10.1. The summed E-state index contributed by atoms with van der Waals surface area (Å²) in [6.07, 6.45) is 1.56. The van der Waals surface area contributed by atoms with Crippen LogP contribution in [0, 0.1) is 10.1 Å². The number of rotatable bonds is 4. The first-order valence-corrected chi connectivity index (χ1v) is 5.84. The lowest BCUT2D eigenvalue weighted by molar-refractivity contribution is -0.385. The van der Waals surface area contributed by atoms with E-state index in [1.807, 2.05) is 0 Å². The molecule has 1 aliphatic rings. The molecule has 2 rings (SSSR count). The van der Waals surface area contributed by atoms with Crippen molar-refractivity contribution in [2.75, 3.05) is 13.2 Å². The summed E-state index contributed by atoms with van der Waals surface area (Å²) < 4.78 is 10.8. The molecule has 0 aromatic heterocycles. The minimum absolute atomic E-state index is 0.142. The number of carbonyl (C=O) groups is 1. The number of benzene rings is 1. The van der Waals surface area contributed by atoms with Crippen molar-refractivity contribution in [3.8, 4) is 5.75 Å². The Balaban J connectivity index is 2.20. The topological polar surface area (TPSA) is 98.9 Å². The van der Waals surface area contributed by atoms with Crippen molar-refractivity contribution in [2.24, 2.45) is 0 Å². The molecule has 7 nitrogen and oxygen atoms in total. The van der Waals surface area contributed by atoms with Crippen LogP contribution < -0.4 is 4.74 Å². The Morgan fingerprint density at radius 2 is 2.32 bits per heavy atom. The Morgan fingerprint density at radius 3 is 2.89 bits per heavy atom. The van der Waals surface area contributed by atoms with E-state index in [9.17, 15) is 14.9 Å². The van der Waals surface area contributed by atoms with Gasteiger partial charge in [-0.2, -0.15) is 0 Å². The summed E-state index contributed by atoms with van der Waals surface area (Å²) in [5, 5.41) is 19.7. The van der Waals surface area contributed by atoms with Gasteiger partial charge in [0, 0.05) is 18.7 Å². The summed E-state index contributed by atoms with van der Waals surface area (Å²) in [6, 6.07) is 3.72. The van der Waals surface area contributed by atoms with E-state index >= 15 is 0 Å². The van der Waals surface area contributed by atoms with E-state index in [1.165, 1.54) is 12.1 Å². The third-order valence-electron chi connectivity index (χ3n) is 2.82. The van der Waals surface area contributed by atoms with Crippen LogP contribution in [0.5, 0.6) is 5.75 Å². The van der Waals surface area contributed by atoms with E-state index in [2.05, 4.69) is 0 Å². The lowest BCUT2D eigenvalue weighted by Crippen LogP contribution is -2.28. The molecule has 1 unspecified atom stereocenters. The van der Waals surface area contributed by atoms with Gasteiger partial charge in [0.15, 0.2) is 0 Å². The third-order valence-corrected chi connectivity index (χ3v) is 2.82. The fourth-order valence-corrected chi connectivity index (χ4v) is 1.92. The molecule has 1 heterocycles. The Bertz CT molecular complexity index is 495. The highest BCUT2D eigenvalue weighted by Gasteiger charge is 2.22. The van der Waals surface area contributed by atoms with Crippen molar-refractivity contribution in [2.45, 2.75) is 18.9 Å². The Labute approximate surface area is 108 Å². The Morgan fingerprint density at radius 1 is 1.53 bits per heavy atom. The van der Waals surface area contributed by atoms with Crippen molar-refractivity contribution >= 4 is 11.7 Å². The molecule has 0 saturated carbocycles. The van der Waals surface area contributed by atoms with Crippen molar-refractivity contribution in [1.29, 1.82) is 0 Å². The van der Waals surface area contributed by atoms with Crippen LogP contribution in [0.1, 0.15) is 23.2 Å². The highest BCUT2D eigenvalue weighted by atomic mass is 16.6. The summed E-state index contributed by atoms with van der Waals surface area (Å²) in [4.78, 5) is 21.0. The number of carboxylic acids is 1. The maximum Gasteiger partial charge on any atom is 0.342 e. The predicted octanol–water partition coefficient (Wildman–Crippen LogP) is 1.85. The molecule has 0 radical (unpaired) electrons. The maximum absolute atomic E-state index is 11.0. The standard InChI is InChI=1S/C12H13NO6/c14-12(15)10-6-8(3-4-11(10)13(16)17)19-9-2-1-5-18-7-9/h3-4,6,9H,1-2,5,7H2,(H,14,15). The molecule has 7 heteroatoms. The number of nitro groups is 1. The first-order valence-electron chi connectivity index (χ1n) is 5.84. The van der Waals surface area contributed by atoms with Crippen LogP contribution in [-0.4, -0.2) is 35.3 Å². The maximum atomic E-state index is 11.0. The van der Waals surface area contributed by atoms with Gasteiger partial charge in [0.25, 0.3) is 5.69 Å². The van der Waals surface area contributed by atoms with Crippen LogP contribution in [0.3, 0.4) is 0 Å². The molecule has 1 aromatic carbocycles. The van der Waals surface area contributed by atoms with Crippen LogP contribution in [0.2, 0.25) is 0 Å². The van der Waals surface area contributed by atoms with Gasteiger partial charge in [-0.15, -0.1) is 0 Å². The SMILES string of the molecule is O=C(O)c1cc(OC2CCCOC2)ccc1[N+](=O)[O-]. The fraction of sp³-hybridized carbons (Fsp3) is 0.417. The Hall–Kier alpha value is -2.15. The van der Waals surface area contributed by atoms with Crippen LogP contribution in [0.25, 0.3) is 0 Å². The molecular formula is C12H13NO6. The zero-order chi connectivity index (χ0) is 13.8. The predicted molar refractivity (Wildman–Crippen MR) is 64.5 cm³/mol. The molecule has 0 bridgehead atoms. The van der Waals surface area contributed by atoms with Gasteiger partial charge < -0.3 is 14.6 Å². The molecule has 0 spiro atoms. The molecule has 0 amide bonds. The van der Waals surface area contributed by atoms with Crippen molar-refractivity contribution in [3.05, 3.63) is 33.9 Å². The van der Waals surface area contributed by atoms with Crippen LogP contribution in [0.4, 0.5) is 5.69 Å². The van der Waals surface area contributed by atoms with E-state index in [4.69, 9.17) is 14.6 Å². The van der Waals surface area contributed by atoms with Gasteiger partial charge in [0.1, 0.15) is 17.4 Å². The zero-order valence-electron chi connectivity index (χ0n) is 10.1. The van der Waals surface area contributed by atoms with E-state index in [0.29, 0.717) is 19.0 Å². The highest BCUT2D eigenvalue weighted by Crippen LogP contribution is 2.25. The summed E-state index contributed by atoms with van der Waals surface area (Å²) in [7, 11) is 0. The first kappa shape index (κ1) is 13.3. The van der Waals surface area contributed by atoms with E-state index < -0.39 is 16.6 Å². The molecular weight excluding hydrogens is 254 g/mol. The van der Waals surface area contributed by atoms with Crippen LogP contribution in [0.15, 0.2) is 18.2 Å². The third kappa shape index (κ3) is 3.19. The normalized spacial score (nSPS) is 18.8. The second kappa shape index (κ2) is 5.66. The molecule has 1 atom stereocenters. The number of hydrogen-bond acceptors (Lipinski definition) is 5. The number of nitrogens with zero attached hydrogens (tertiary/aromatic N) is 1. The average Bonchev–Trinajstić information content (AvgIpc) is 2.39. The lowest BCUT2D eigenvalue weighted by Gasteiger charge is -2.23. The van der Waals surface area contributed by atoms with Crippen molar-refractivity contribution < 1.29 is 24.3 Å². The van der Waals surface area contributed by atoms with Gasteiger partial charge in [-0.3, -0.25) is 10.1 Å². The molecule has 1 aromatic rings. The number of nitro benzene ring substituents is 1. The number of aromatic carboxylic acids is 1. The molecule has 102 valence electrons. The second-order valence-corrected chi connectivity index (χ2v) is 4.20. The molecule has 1 saturated heterocycles. The molecule has 0 aliphatic carbocycles. The van der Waals surface area contributed by atoms with Gasteiger partial charge in [0.05, 0.1) is 11.5 Å². The van der Waals surface area contributed by atoms with Crippen molar-refractivity contribution in [1.82, 2.24) is 0 Å². The van der Waals surface area contributed by atoms with E-state index in [-0.39, 0.29) is 11.7 Å². The first-order chi connectivity index (χ1) is 9.08. The van der Waals surface area contributed by atoms with Gasteiger partial charge in [-0.25, -0.2) is 4.79 Å². The summed E-state index contributed by atoms with van der Waals surface area (Å²) in [5.41, 5.74) is -0.820. The largest absolute Gasteiger partial charge is 0.488 e. The van der Waals surface area contributed by atoms with Gasteiger partial charge in [-0.1, -0.05) is 0 Å². The molecule has 1 aliphatic heterocycles. The minimum atomic E-state index is -1.35. The van der Waals surface area contributed by atoms with E-state index in [1.54, 1.807) is 0 Å². The second-order valence-electron chi connectivity index (χ2n) is 4.20. The molecule has 1 fully saturated rings. The van der Waals surface area contributed by atoms with Crippen LogP contribution in [-0.2, 0) is 4.74 Å². The quantitative estimate of drug-likeness (QED) is 0.660. The lowest BCUT2D eigenvalue weighted by atomic mass is 10.1. The fourth-order valence-electron chi connectivity index (χ4n) is 1.92. The number of carboxylic acid groups (broad SMARTS) is 1. The molecule has 19 heavy (non-hydrogen) atoms. The highest BCUT2D eigenvalue weighted by molar-refractivity contribution is 5.92. The molecule has 1 N–H and O–H groups in total. The van der Waals surface area contributed by atoms with E-state index in [0.717, 1.165) is 18.9 Å². The summed E-state index contributed by atoms with van der Waals surface area (Å²) in [6.45, 7) is 1.14. The van der Waals surface area contributed by atoms with Gasteiger partial charge in [0.2, 0.25) is 0 Å². The summed E-state index contributed by atoms with van der Waals surface area (Å²) in [5.74, 6) is -1.05.